The number of cyclic esters (lactones) is 1. The number of hydrogen-bond donors (Lipinski definition) is 0. The maximum absolute atomic E-state index is 12.6. The lowest BCUT2D eigenvalue weighted by Crippen LogP contribution is -2.55. The monoisotopic (exact) mass is 373 g/mol. The first-order valence-corrected chi connectivity index (χ1v) is 9.48. The highest BCUT2D eigenvalue weighted by Crippen LogP contribution is 2.19. The van der Waals surface area contributed by atoms with Crippen LogP contribution in [0.2, 0.25) is 0 Å². The number of amides is 3. The van der Waals surface area contributed by atoms with Crippen LogP contribution in [0.5, 0.6) is 0 Å². The minimum atomic E-state index is -0.449. The Morgan fingerprint density at radius 3 is 2.59 bits per heavy atom. The van der Waals surface area contributed by atoms with E-state index >= 15 is 0 Å². The summed E-state index contributed by atoms with van der Waals surface area (Å²) in [5, 5.41) is 0. The second kappa shape index (κ2) is 8.41. The molecule has 1 unspecified atom stereocenters. The average molecular weight is 373 g/mol. The van der Waals surface area contributed by atoms with E-state index in [1.54, 1.807) is 9.80 Å². The molecule has 0 aliphatic carbocycles. The second-order valence-electron chi connectivity index (χ2n) is 7.45. The lowest BCUT2D eigenvalue weighted by Gasteiger charge is -2.35. The van der Waals surface area contributed by atoms with E-state index in [4.69, 9.17) is 4.74 Å². The number of carbonyl (C=O) groups is 3. The zero-order valence-corrected chi connectivity index (χ0v) is 16.0. The van der Waals surface area contributed by atoms with E-state index in [0.29, 0.717) is 26.2 Å². The molecule has 0 saturated carbocycles. The summed E-state index contributed by atoms with van der Waals surface area (Å²) in [4.78, 5) is 41.8. The van der Waals surface area contributed by atoms with Crippen molar-refractivity contribution in [1.82, 2.24) is 14.7 Å². The first kappa shape index (κ1) is 19.2. The van der Waals surface area contributed by atoms with Gasteiger partial charge in [-0.1, -0.05) is 44.2 Å². The average Bonchev–Trinajstić information content (AvgIpc) is 3.02. The summed E-state index contributed by atoms with van der Waals surface area (Å²) in [6, 6.07) is 9.95. The van der Waals surface area contributed by atoms with E-state index in [1.165, 1.54) is 10.5 Å². The first-order valence-electron chi connectivity index (χ1n) is 9.48. The van der Waals surface area contributed by atoms with Gasteiger partial charge in [0.15, 0.2) is 0 Å². The molecule has 3 amide bonds. The van der Waals surface area contributed by atoms with E-state index in [0.717, 1.165) is 6.42 Å². The summed E-state index contributed by atoms with van der Waals surface area (Å²) in [7, 11) is 0. The number of nitrogens with zero attached hydrogens (tertiary/aromatic N) is 3. The summed E-state index contributed by atoms with van der Waals surface area (Å²) < 4.78 is 5.08. The van der Waals surface area contributed by atoms with Crippen LogP contribution in [0.1, 0.15) is 19.4 Å². The van der Waals surface area contributed by atoms with E-state index in [9.17, 15) is 14.4 Å². The smallest absolute Gasteiger partial charge is 0.410 e. The molecule has 0 bridgehead atoms. The number of benzene rings is 1. The van der Waals surface area contributed by atoms with Crippen molar-refractivity contribution in [2.45, 2.75) is 26.3 Å². The van der Waals surface area contributed by atoms with Gasteiger partial charge in [0.05, 0.1) is 12.6 Å². The molecular weight excluding hydrogens is 346 g/mol. The van der Waals surface area contributed by atoms with Gasteiger partial charge < -0.3 is 14.5 Å². The molecule has 1 aromatic carbocycles. The van der Waals surface area contributed by atoms with Crippen molar-refractivity contribution in [2.24, 2.45) is 5.92 Å². The molecule has 3 rings (SSSR count). The lowest BCUT2D eigenvalue weighted by atomic mass is 10.0. The van der Waals surface area contributed by atoms with Gasteiger partial charge in [0.1, 0.15) is 13.2 Å². The number of ether oxygens (including phenoxy) is 1. The topological polar surface area (TPSA) is 70.2 Å². The Labute approximate surface area is 159 Å². The molecule has 2 aliphatic rings. The number of hydrogen-bond acceptors (Lipinski definition) is 4. The molecule has 0 N–H and O–H groups in total. The van der Waals surface area contributed by atoms with Gasteiger partial charge in [0, 0.05) is 19.6 Å². The Balaban J connectivity index is 1.50. The lowest BCUT2D eigenvalue weighted by molar-refractivity contribution is -0.145. The zero-order chi connectivity index (χ0) is 19.4. The Morgan fingerprint density at radius 1 is 1.19 bits per heavy atom. The Bertz CT molecular complexity index is 692. The molecule has 0 radical (unpaired) electrons. The fourth-order valence-electron chi connectivity index (χ4n) is 3.51. The number of carbonyl (C=O) groups excluding carboxylic acids is 3. The molecule has 7 heteroatoms. The van der Waals surface area contributed by atoms with Crippen LogP contribution in [0.25, 0.3) is 0 Å². The third kappa shape index (κ3) is 4.59. The van der Waals surface area contributed by atoms with Gasteiger partial charge in [-0.05, 0) is 17.9 Å². The molecule has 2 saturated heterocycles. The Morgan fingerprint density at radius 2 is 1.93 bits per heavy atom. The summed E-state index contributed by atoms with van der Waals surface area (Å²) in [5.41, 5.74) is 1.19. The number of rotatable bonds is 6. The van der Waals surface area contributed by atoms with Crippen molar-refractivity contribution in [3.8, 4) is 0 Å². The van der Waals surface area contributed by atoms with E-state index in [-0.39, 0.29) is 36.9 Å². The minimum absolute atomic E-state index is 0.0288. The van der Waals surface area contributed by atoms with E-state index in [1.807, 2.05) is 44.2 Å². The molecule has 7 nitrogen and oxygen atoms in total. The van der Waals surface area contributed by atoms with Crippen molar-refractivity contribution in [3.05, 3.63) is 35.9 Å². The summed E-state index contributed by atoms with van der Waals surface area (Å²) in [5.74, 6) is -0.0359. The highest BCUT2D eigenvalue weighted by molar-refractivity contribution is 5.88. The van der Waals surface area contributed by atoms with Crippen molar-refractivity contribution in [2.75, 3.05) is 39.3 Å². The van der Waals surface area contributed by atoms with Gasteiger partial charge in [-0.2, -0.15) is 0 Å². The predicted molar refractivity (Wildman–Crippen MR) is 100.0 cm³/mol. The molecule has 146 valence electrons. The van der Waals surface area contributed by atoms with Crippen molar-refractivity contribution < 1.29 is 19.1 Å². The van der Waals surface area contributed by atoms with E-state index in [2.05, 4.69) is 0 Å². The van der Waals surface area contributed by atoms with Crippen molar-refractivity contribution in [1.29, 1.82) is 0 Å². The molecular formula is C20H27N3O4. The highest BCUT2D eigenvalue weighted by atomic mass is 16.6. The third-order valence-corrected chi connectivity index (χ3v) is 5.27. The standard InChI is InChI=1S/C20H27N3O4/c1-15(2)17-14-27-20(26)23(17)13-19(25)22-11-10-21(18(24)12-22)9-8-16-6-4-3-5-7-16/h3-7,15,17H,8-14H2,1-2H3. The second-order valence-corrected chi connectivity index (χ2v) is 7.45. The summed E-state index contributed by atoms with van der Waals surface area (Å²) in [6.45, 7) is 6.03. The van der Waals surface area contributed by atoms with Gasteiger partial charge in [0.25, 0.3) is 0 Å². The summed E-state index contributed by atoms with van der Waals surface area (Å²) in [6.07, 6.45) is 0.353. The van der Waals surface area contributed by atoms with Crippen LogP contribution < -0.4 is 0 Å². The zero-order valence-electron chi connectivity index (χ0n) is 16.0. The molecule has 1 atom stereocenters. The quantitative estimate of drug-likeness (QED) is 0.755. The highest BCUT2D eigenvalue weighted by Gasteiger charge is 2.37. The van der Waals surface area contributed by atoms with Gasteiger partial charge >= 0.3 is 6.09 Å². The predicted octanol–water partition coefficient (Wildman–Crippen LogP) is 1.38. The van der Waals surface area contributed by atoms with Gasteiger partial charge in [-0.15, -0.1) is 0 Å². The number of piperazine rings is 1. The third-order valence-electron chi connectivity index (χ3n) is 5.27. The van der Waals surface area contributed by atoms with Crippen molar-refractivity contribution in [3.63, 3.8) is 0 Å². The van der Waals surface area contributed by atoms with Crippen LogP contribution in [0.3, 0.4) is 0 Å². The SMILES string of the molecule is CC(C)C1COC(=O)N1CC(=O)N1CCN(CCc2ccccc2)C(=O)C1. The van der Waals surface area contributed by atoms with Gasteiger partial charge in [-0.25, -0.2) is 4.79 Å². The maximum atomic E-state index is 12.6. The normalized spacial score (nSPS) is 20.4. The van der Waals surface area contributed by atoms with Crippen LogP contribution in [0, 0.1) is 5.92 Å². The van der Waals surface area contributed by atoms with Crippen molar-refractivity contribution >= 4 is 17.9 Å². The molecule has 27 heavy (non-hydrogen) atoms. The largest absolute Gasteiger partial charge is 0.447 e. The van der Waals surface area contributed by atoms with E-state index < -0.39 is 6.09 Å². The van der Waals surface area contributed by atoms with Crippen LogP contribution in [-0.4, -0.2) is 78.0 Å². The van der Waals surface area contributed by atoms with Crippen LogP contribution in [-0.2, 0) is 20.7 Å². The van der Waals surface area contributed by atoms with Crippen LogP contribution in [0.15, 0.2) is 30.3 Å². The molecule has 2 heterocycles. The minimum Gasteiger partial charge on any atom is -0.447 e. The fraction of sp³-hybridized carbons (Fsp3) is 0.550. The Hall–Kier alpha value is -2.57. The molecule has 1 aromatic rings. The van der Waals surface area contributed by atoms with Gasteiger partial charge in [0.2, 0.25) is 11.8 Å². The molecule has 0 aromatic heterocycles. The molecule has 0 spiro atoms. The molecule has 2 aliphatic heterocycles. The first-order chi connectivity index (χ1) is 13.0. The maximum Gasteiger partial charge on any atom is 0.410 e. The van der Waals surface area contributed by atoms with Crippen LogP contribution >= 0.6 is 0 Å². The molecule has 2 fully saturated rings. The fourth-order valence-corrected chi connectivity index (χ4v) is 3.51. The summed E-state index contributed by atoms with van der Waals surface area (Å²) >= 11 is 0. The Kier molecular flexibility index (Phi) is 5.98. The van der Waals surface area contributed by atoms with Crippen LogP contribution in [0.4, 0.5) is 4.79 Å². The van der Waals surface area contributed by atoms with Gasteiger partial charge in [-0.3, -0.25) is 14.5 Å².